The Hall–Kier alpha value is -0.0800. The van der Waals surface area contributed by atoms with E-state index in [0.29, 0.717) is 0 Å². The van der Waals surface area contributed by atoms with Crippen LogP contribution in [0.25, 0.3) is 0 Å². The van der Waals surface area contributed by atoms with Crippen LogP contribution in [0, 0.1) is 0 Å². The first-order valence-corrected chi connectivity index (χ1v) is 6.17. The third-order valence-corrected chi connectivity index (χ3v) is 2.07. The molecular weight excluding hydrogens is 172 g/mol. The maximum Gasteiger partial charge on any atom is 0.00675 e. The predicted octanol–water partition coefficient (Wildman–Crippen LogP) is 2.79. The summed E-state index contributed by atoms with van der Waals surface area (Å²) in [5.74, 6) is 0. The molecule has 2 heteroatoms. The van der Waals surface area contributed by atoms with Gasteiger partial charge in [-0.3, -0.25) is 0 Å². The van der Waals surface area contributed by atoms with Gasteiger partial charge in [0.15, 0.2) is 0 Å². The van der Waals surface area contributed by atoms with Crippen molar-refractivity contribution >= 4 is 0 Å². The summed E-state index contributed by atoms with van der Waals surface area (Å²) in [7, 11) is 3.75. The molecule has 1 saturated heterocycles. The second-order valence-electron chi connectivity index (χ2n) is 3.44. The quantitative estimate of drug-likeness (QED) is 0.735. The number of nitrogens with one attached hydrogen (secondary N) is 2. The van der Waals surface area contributed by atoms with E-state index in [1.54, 1.807) is 0 Å². The van der Waals surface area contributed by atoms with Crippen molar-refractivity contribution in [1.82, 2.24) is 10.6 Å². The SMILES string of the molecule is CC.CCCCC1CCCN1.CNC. The summed E-state index contributed by atoms with van der Waals surface area (Å²) in [6.45, 7) is 7.52. The van der Waals surface area contributed by atoms with Crippen LogP contribution in [0.1, 0.15) is 52.9 Å². The zero-order chi connectivity index (χ0) is 11.2. The van der Waals surface area contributed by atoms with Crippen molar-refractivity contribution in [2.75, 3.05) is 20.6 Å². The van der Waals surface area contributed by atoms with E-state index in [4.69, 9.17) is 0 Å². The van der Waals surface area contributed by atoms with Crippen LogP contribution in [0.15, 0.2) is 0 Å². The molecule has 1 unspecified atom stereocenters. The van der Waals surface area contributed by atoms with E-state index in [-0.39, 0.29) is 0 Å². The summed E-state index contributed by atoms with van der Waals surface area (Å²) < 4.78 is 0. The van der Waals surface area contributed by atoms with E-state index in [1.165, 1.54) is 38.6 Å². The molecule has 1 atom stereocenters. The van der Waals surface area contributed by atoms with E-state index in [9.17, 15) is 0 Å². The first kappa shape index (κ1) is 16.4. The molecule has 0 amide bonds. The fourth-order valence-electron chi connectivity index (χ4n) is 1.45. The molecule has 2 nitrogen and oxygen atoms in total. The zero-order valence-electron chi connectivity index (χ0n) is 10.8. The molecule has 0 aromatic rings. The van der Waals surface area contributed by atoms with E-state index in [2.05, 4.69) is 17.6 Å². The van der Waals surface area contributed by atoms with Crippen molar-refractivity contribution in [3.8, 4) is 0 Å². The van der Waals surface area contributed by atoms with Crippen molar-refractivity contribution in [3.05, 3.63) is 0 Å². The van der Waals surface area contributed by atoms with Crippen molar-refractivity contribution in [2.45, 2.75) is 58.9 Å². The van der Waals surface area contributed by atoms with Crippen LogP contribution in [0.2, 0.25) is 0 Å². The standard InChI is InChI=1S/C8H17N.C2H7N.C2H6/c1-2-3-5-8-6-4-7-9-8;1-3-2;1-2/h8-9H,2-7H2,1H3;3H,1-2H3;1-2H3. The van der Waals surface area contributed by atoms with E-state index >= 15 is 0 Å². The predicted molar refractivity (Wildman–Crippen MR) is 66.9 cm³/mol. The highest BCUT2D eigenvalue weighted by Crippen LogP contribution is 2.11. The Morgan fingerprint density at radius 2 is 1.86 bits per heavy atom. The minimum absolute atomic E-state index is 0.866. The van der Waals surface area contributed by atoms with Gasteiger partial charge in [-0.1, -0.05) is 33.6 Å². The fourth-order valence-corrected chi connectivity index (χ4v) is 1.45. The molecule has 1 aliphatic heterocycles. The van der Waals surface area contributed by atoms with Crippen LogP contribution in [0.3, 0.4) is 0 Å². The zero-order valence-corrected chi connectivity index (χ0v) is 10.8. The van der Waals surface area contributed by atoms with Crippen molar-refractivity contribution in [1.29, 1.82) is 0 Å². The second kappa shape index (κ2) is 15.4. The summed E-state index contributed by atoms with van der Waals surface area (Å²) in [6.07, 6.45) is 6.96. The van der Waals surface area contributed by atoms with Gasteiger partial charge in [0.25, 0.3) is 0 Å². The number of unbranched alkanes of at least 4 members (excludes halogenated alkanes) is 1. The molecule has 0 bridgehead atoms. The highest BCUT2D eigenvalue weighted by atomic mass is 14.9. The Labute approximate surface area is 90.9 Å². The molecule has 0 aliphatic carbocycles. The van der Waals surface area contributed by atoms with Gasteiger partial charge in [0.05, 0.1) is 0 Å². The minimum atomic E-state index is 0.866. The molecule has 0 aromatic heterocycles. The molecule has 2 N–H and O–H groups in total. The lowest BCUT2D eigenvalue weighted by atomic mass is 10.1. The number of hydrogen-bond acceptors (Lipinski definition) is 2. The van der Waals surface area contributed by atoms with Crippen LogP contribution in [-0.2, 0) is 0 Å². The number of rotatable bonds is 3. The molecule has 0 aromatic carbocycles. The van der Waals surface area contributed by atoms with Gasteiger partial charge in [0.1, 0.15) is 0 Å². The molecule has 88 valence electrons. The van der Waals surface area contributed by atoms with Gasteiger partial charge < -0.3 is 10.6 Å². The van der Waals surface area contributed by atoms with Crippen LogP contribution in [-0.4, -0.2) is 26.7 Å². The lowest BCUT2D eigenvalue weighted by Gasteiger charge is -2.06. The normalized spacial score (nSPS) is 19.1. The van der Waals surface area contributed by atoms with Gasteiger partial charge >= 0.3 is 0 Å². The Morgan fingerprint density at radius 3 is 2.21 bits per heavy atom. The monoisotopic (exact) mass is 202 g/mol. The second-order valence-corrected chi connectivity index (χ2v) is 3.44. The van der Waals surface area contributed by atoms with Gasteiger partial charge in [-0.2, -0.15) is 0 Å². The molecule has 1 fully saturated rings. The minimum Gasteiger partial charge on any atom is -0.323 e. The van der Waals surface area contributed by atoms with E-state index < -0.39 is 0 Å². The maximum atomic E-state index is 3.49. The Balaban J connectivity index is 0. The fraction of sp³-hybridized carbons (Fsp3) is 1.00. The van der Waals surface area contributed by atoms with Crippen LogP contribution < -0.4 is 10.6 Å². The molecule has 0 spiro atoms. The maximum absolute atomic E-state index is 3.49. The lowest BCUT2D eigenvalue weighted by Crippen LogP contribution is -2.20. The van der Waals surface area contributed by atoms with Gasteiger partial charge in [-0.15, -0.1) is 0 Å². The van der Waals surface area contributed by atoms with Crippen LogP contribution in [0.5, 0.6) is 0 Å². The Bertz CT molecular complexity index is 78.4. The largest absolute Gasteiger partial charge is 0.323 e. The molecule has 1 rings (SSSR count). The van der Waals surface area contributed by atoms with Gasteiger partial charge in [-0.05, 0) is 39.9 Å². The van der Waals surface area contributed by atoms with Gasteiger partial charge in [-0.25, -0.2) is 0 Å². The molecule has 14 heavy (non-hydrogen) atoms. The highest BCUT2D eigenvalue weighted by Gasteiger charge is 2.11. The molecule has 0 radical (unpaired) electrons. The summed E-state index contributed by atoms with van der Waals surface area (Å²) in [6, 6.07) is 0.866. The number of hydrogen-bond donors (Lipinski definition) is 2. The Morgan fingerprint density at radius 1 is 1.29 bits per heavy atom. The van der Waals surface area contributed by atoms with Gasteiger partial charge in [0, 0.05) is 6.04 Å². The summed E-state index contributed by atoms with van der Waals surface area (Å²) in [4.78, 5) is 0. The van der Waals surface area contributed by atoms with E-state index in [0.717, 1.165) is 6.04 Å². The molecular formula is C12H30N2. The molecule has 1 aliphatic rings. The highest BCUT2D eigenvalue weighted by molar-refractivity contribution is 4.73. The van der Waals surface area contributed by atoms with Crippen LogP contribution >= 0.6 is 0 Å². The molecule has 1 heterocycles. The average Bonchev–Trinajstić information content (AvgIpc) is 2.72. The van der Waals surface area contributed by atoms with Crippen molar-refractivity contribution in [2.24, 2.45) is 0 Å². The summed E-state index contributed by atoms with van der Waals surface area (Å²) in [5.41, 5.74) is 0. The summed E-state index contributed by atoms with van der Waals surface area (Å²) in [5, 5.41) is 6.24. The average molecular weight is 202 g/mol. The molecule has 0 saturated carbocycles. The lowest BCUT2D eigenvalue weighted by molar-refractivity contribution is 0.532. The van der Waals surface area contributed by atoms with E-state index in [1.807, 2.05) is 27.9 Å². The third kappa shape index (κ3) is 11.9. The third-order valence-electron chi connectivity index (χ3n) is 2.07. The van der Waals surface area contributed by atoms with Gasteiger partial charge in [0.2, 0.25) is 0 Å². The Kier molecular flexibility index (Phi) is 18.0. The van der Waals surface area contributed by atoms with Crippen LogP contribution in [0.4, 0.5) is 0 Å². The van der Waals surface area contributed by atoms with Crippen molar-refractivity contribution < 1.29 is 0 Å². The topological polar surface area (TPSA) is 24.1 Å². The first-order chi connectivity index (χ1) is 6.85. The summed E-state index contributed by atoms with van der Waals surface area (Å²) >= 11 is 0. The van der Waals surface area contributed by atoms with Crippen molar-refractivity contribution in [3.63, 3.8) is 0 Å². The smallest absolute Gasteiger partial charge is 0.00675 e. The first-order valence-electron chi connectivity index (χ1n) is 6.17.